The van der Waals surface area contributed by atoms with Crippen LogP contribution in [0.5, 0.6) is 5.75 Å². The average molecular weight is 379 g/mol. The third kappa shape index (κ3) is 4.27. The van der Waals surface area contributed by atoms with Crippen molar-refractivity contribution in [2.75, 3.05) is 25.5 Å². The van der Waals surface area contributed by atoms with Crippen molar-refractivity contribution in [3.63, 3.8) is 0 Å². The van der Waals surface area contributed by atoms with Gasteiger partial charge < -0.3 is 20.3 Å². The van der Waals surface area contributed by atoms with Crippen molar-refractivity contribution in [2.45, 2.75) is 25.3 Å². The zero-order valence-electron chi connectivity index (χ0n) is 16.0. The largest absolute Gasteiger partial charge is 0.497 e. The first-order chi connectivity index (χ1) is 13.6. The van der Waals surface area contributed by atoms with Gasteiger partial charge in [-0.25, -0.2) is 4.79 Å². The Morgan fingerprint density at radius 1 is 1.14 bits per heavy atom. The second kappa shape index (κ2) is 7.92. The molecular weight excluding hydrogens is 354 g/mol. The smallest absolute Gasteiger partial charge is 0.319 e. The van der Waals surface area contributed by atoms with Crippen molar-refractivity contribution < 1.29 is 14.3 Å². The third-order valence-electron chi connectivity index (χ3n) is 5.32. The highest BCUT2D eigenvalue weighted by Crippen LogP contribution is 2.32. The van der Waals surface area contributed by atoms with E-state index in [4.69, 9.17) is 4.74 Å². The number of amides is 3. The summed E-state index contributed by atoms with van der Waals surface area (Å²) in [6.45, 7) is 1.28. The fourth-order valence-electron chi connectivity index (χ4n) is 3.65. The Kier molecular flexibility index (Phi) is 5.19. The molecule has 2 aromatic rings. The van der Waals surface area contributed by atoms with Crippen LogP contribution in [0, 0.1) is 5.92 Å². The van der Waals surface area contributed by atoms with E-state index in [1.165, 1.54) is 0 Å². The SMILES string of the molecule is COc1cccc(-c2ccc(NC(=O)NCC3CC(=O)N(C4CC4)C3)cc2)c1. The van der Waals surface area contributed by atoms with Crippen LogP contribution in [0.3, 0.4) is 0 Å². The number of anilines is 1. The fourth-order valence-corrected chi connectivity index (χ4v) is 3.65. The standard InChI is InChI=1S/C22H25N3O3/c1-28-20-4-2-3-17(12-20)16-5-7-18(8-6-16)24-22(27)23-13-15-11-21(26)25(14-15)19-9-10-19/h2-8,12,15,19H,9-11,13-14H2,1H3,(H2,23,24,27). The van der Waals surface area contributed by atoms with E-state index in [0.717, 1.165) is 42.0 Å². The number of nitrogens with zero attached hydrogens (tertiary/aromatic N) is 1. The number of methoxy groups -OCH3 is 1. The summed E-state index contributed by atoms with van der Waals surface area (Å²) in [5, 5.41) is 5.74. The Morgan fingerprint density at radius 2 is 1.93 bits per heavy atom. The third-order valence-corrected chi connectivity index (χ3v) is 5.32. The summed E-state index contributed by atoms with van der Waals surface area (Å²) < 4.78 is 5.26. The molecule has 0 radical (unpaired) electrons. The van der Waals surface area contributed by atoms with Crippen molar-refractivity contribution in [1.82, 2.24) is 10.2 Å². The number of urea groups is 1. The Balaban J connectivity index is 1.28. The van der Waals surface area contributed by atoms with Crippen molar-refractivity contribution in [3.8, 4) is 16.9 Å². The minimum atomic E-state index is -0.244. The molecule has 0 bridgehead atoms. The number of hydrogen-bond donors (Lipinski definition) is 2. The maximum absolute atomic E-state index is 12.2. The maximum Gasteiger partial charge on any atom is 0.319 e. The van der Waals surface area contributed by atoms with Gasteiger partial charge in [0.2, 0.25) is 5.91 Å². The Labute approximate surface area is 164 Å². The van der Waals surface area contributed by atoms with Crippen LogP contribution in [-0.2, 0) is 4.79 Å². The number of benzene rings is 2. The molecule has 3 amide bonds. The Bertz CT molecular complexity index is 862. The van der Waals surface area contributed by atoms with Crippen LogP contribution in [0.4, 0.5) is 10.5 Å². The van der Waals surface area contributed by atoms with Crippen LogP contribution in [0.15, 0.2) is 48.5 Å². The van der Waals surface area contributed by atoms with Gasteiger partial charge in [0, 0.05) is 37.2 Å². The number of nitrogens with one attached hydrogen (secondary N) is 2. The maximum atomic E-state index is 12.2. The number of carbonyl (C=O) groups is 2. The molecule has 1 saturated heterocycles. The molecule has 1 aliphatic carbocycles. The van der Waals surface area contributed by atoms with E-state index in [1.54, 1.807) is 7.11 Å². The van der Waals surface area contributed by atoms with Crippen molar-refractivity contribution >= 4 is 17.6 Å². The summed E-state index contributed by atoms with van der Waals surface area (Å²) in [5.41, 5.74) is 2.84. The normalized spacial score (nSPS) is 18.8. The number of ether oxygens (including phenoxy) is 1. The lowest BCUT2D eigenvalue weighted by molar-refractivity contribution is -0.128. The molecule has 28 heavy (non-hydrogen) atoms. The van der Waals surface area contributed by atoms with E-state index in [2.05, 4.69) is 10.6 Å². The van der Waals surface area contributed by atoms with Gasteiger partial charge >= 0.3 is 6.03 Å². The van der Waals surface area contributed by atoms with E-state index in [9.17, 15) is 9.59 Å². The van der Waals surface area contributed by atoms with Gasteiger partial charge in [0.05, 0.1) is 7.11 Å². The first-order valence-electron chi connectivity index (χ1n) is 9.71. The molecule has 4 rings (SSSR count). The van der Waals surface area contributed by atoms with Crippen LogP contribution in [0.2, 0.25) is 0 Å². The van der Waals surface area contributed by atoms with Gasteiger partial charge in [-0.2, -0.15) is 0 Å². The zero-order valence-corrected chi connectivity index (χ0v) is 16.0. The van der Waals surface area contributed by atoms with Gasteiger partial charge in [0.15, 0.2) is 0 Å². The van der Waals surface area contributed by atoms with Crippen LogP contribution in [0.25, 0.3) is 11.1 Å². The van der Waals surface area contributed by atoms with Gasteiger partial charge in [-0.1, -0.05) is 24.3 Å². The van der Waals surface area contributed by atoms with Crippen molar-refractivity contribution in [2.24, 2.45) is 5.92 Å². The predicted molar refractivity (Wildman–Crippen MR) is 108 cm³/mol. The molecule has 1 heterocycles. The summed E-state index contributed by atoms with van der Waals surface area (Å²) >= 11 is 0. The number of rotatable bonds is 6. The first kappa shape index (κ1) is 18.3. The van der Waals surface area contributed by atoms with Gasteiger partial charge in [0.1, 0.15) is 5.75 Å². The number of carbonyl (C=O) groups excluding carboxylic acids is 2. The summed E-state index contributed by atoms with van der Waals surface area (Å²) in [4.78, 5) is 26.1. The first-order valence-corrected chi connectivity index (χ1v) is 9.71. The van der Waals surface area contributed by atoms with E-state index < -0.39 is 0 Å². The minimum absolute atomic E-state index is 0.203. The highest BCUT2D eigenvalue weighted by atomic mass is 16.5. The molecule has 6 nitrogen and oxygen atoms in total. The summed E-state index contributed by atoms with van der Waals surface area (Å²) in [7, 11) is 1.65. The molecule has 2 aliphatic rings. The van der Waals surface area contributed by atoms with Crippen LogP contribution in [-0.4, -0.2) is 43.1 Å². The second-order valence-corrected chi connectivity index (χ2v) is 7.49. The Hall–Kier alpha value is -3.02. The molecule has 2 fully saturated rings. The van der Waals surface area contributed by atoms with E-state index in [1.807, 2.05) is 53.4 Å². The molecule has 146 valence electrons. The van der Waals surface area contributed by atoms with Crippen molar-refractivity contribution in [3.05, 3.63) is 48.5 Å². The number of hydrogen-bond acceptors (Lipinski definition) is 3. The Morgan fingerprint density at radius 3 is 2.64 bits per heavy atom. The summed E-state index contributed by atoms with van der Waals surface area (Å²) in [6, 6.07) is 15.7. The van der Waals surface area contributed by atoms with E-state index in [-0.39, 0.29) is 17.9 Å². The fraction of sp³-hybridized carbons (Fsp3) is 0.364. The molecule has 1 aliphatic heterocycles. The predicted octanol–water partition coefficient (Wildman–Crippen LogP) is 3.49. The van der Waals surface area contributed by atoms with E-state index in [0.29, 0.717) is 19.0 Å². The van der Waals surface area contributed by atoms with Crippen LogP contribution in [0.1, 0.15) is 19.3 Å². The topological polar surface area (TPSA) is 70.7 Å². The molecule has 1 saturated carbocycles. The second-order valence-electron chi connectivity index (χ2n) is 7.49. The monoisotopic (exact) mass is 379 g/mol. The van der Waals surface area contributed by atoms with Gasteiger partial charge in [0.25, 0.3) is 0 Å². The minimum Gasteiger partial charge on any atom is -0.497 e. The highest BCUT2D eigenvalue weighted by molar-refractivity contribution is 5.89. The molecule has 0 spiro atoms. The van der Waals surface area contributed by atoms with Gasteiger partial charge in [-0.15, -0.1) is 0 Å². The lowest BCUT2D eigenvalue weighted by Crippen LogP contribution is -2.34. The van der Waals surface area contributed by atoms with Gasteiger partial charge in [-0.3, -0.25) is 4.79 Å². The van der Waals surface area contributed by atoms with Crippen LogP contribution < -0.4 is 15.4 Å². The van der Waals surface area contributed by atoms with E-state index >= 15 is 0 Å². The average Bonchev–Trinajstić information content (AvgIpc) is 3.49. The lowest BCUT2D eigenvalue weighted by atomic mass is 10.1. The van der Waals surface area contributed by atoms with Crippen LogP contribution >= 0.6 is 0 Å². The number of likely N-dealkylation sites (tertiary alicyclic amines) is 1. The molecule has 2 aromatic carbocycles. The van der Waals surface area contributed by atoms with Crippen molar-refractivity contribution in [1.29, 1.82) is 0 Å². The summed E-state index contributed by atoms with van der Waals surface area (Å²) in [5.74, 6) is 1.24. The molecule has 0 aromatic heterocycles. The quantitative estimate of drug-likeness (QED) is 0.807. The molecule has 1 unspecified atom stereocenters. The van der Waals surface area contributed by atoms with Gasteiger partial charge in [-0.05, 0) is 48.2 Å². The zero-order chi connectivity index (χ0) is 19.5. The molecular formula is C22H25N3O3. The lowest BCUT2D eigenvalue weighted by Gasteiger charge is -2.16. The summed E-state index contributed by atoms with van der Waals surface area (Å²) in [6.07, 6.45) is 2.78. The highest BCUT2D eigenvalue weighted by Gasteiger charge is 2.39. The molecule has 6 heteroatoms. The molecule has 1 atom stereocenters. The molecule has 2 N–H and O–H groups in total.